The smallest absolute Gasteiger partial charge is 0.341 e. The topological polar surface area (TPSA) is 54.7 Å². The van der Waals surface area contributed by atoms with Crippen LogP contribution < -0.4 is 5.73 Å². The van der Waals surface area contributed by atoms with Crippen molar-refractivity contribution in [2.24, 2.45) is 5.73 Å². The van der Waals surface area contributed by atoms with Crippen LogP contribution in [0.15, 0.2) is 12.1 Å². The monoisotopic (exact) mass is 283 g/mol. The van der Waals surface area contributed by atoms with Crippen LogP contribution in [0.4, 0.5) is 26.3 Å². The van der Waals surface area contributed by atoms with Gasteiger partial charge in [-0.2, -0.15) is 26.3 Å². The minimum atomic E-state index is -5.11. The first kappa shape index (κ1) is 13.7. The number of imidazole rings is 1. The van der Waals surface area contributed by atoms with Crippen LogP contribution in [0.3, 0.4) is 0 Å². The number of nitrogens with two attached hydrogens (primary N) is 1. The molecule has 3 nitrogen and oxygen atoms in total. The van der Waals surface area contributed by atoms with E-state index in [1.165, 1.54) is 0 Å². The number of fused-ring (bicyclic) bond motifs is 1. The Labute approximate surface area is 102 Å². The number of aromatic nitrogens is 2. The summed E-state index contributed by atoms with van der Waals surface area (Å²) in [6.45, 7) is -0.114. The van der Waals surface area contributed by atoms with Gasteiger partial charge in [0.15, 0.2) is 0 Å². The van der Waals surface area contributed by atoms with Crippen LogP contribution in [-0.4, -0.2) is 9.97 Å². The maximum absolute atomic E-state index is 12.6. The number of hydrogen-bond donors (Lipinski definition) is 2. The average Bonchev–Trinajstić information content (AvgIpc) is 2.66. The number of rotatable bonds is 1. The Morgan fingerprint density at radius 2 is 1.53 bits per heavy atom. The van der Waals surface area contributed by atoms with Crippen molar-refractivity contribution in [3.05, 3.63) is 29.1 Å². The fraction of sp³-hybridized carbons (Fsp3) is 0.300. The first-order valence-electron chi connectivity index (χ1n) is 5.00. The molecule has 0 aliphatic rings. The highest BCUT2D eigenvalue weighted by molar-refractivity contribution is 5.77. The second-order valence-corrected chi connectivity index (χ2v) is 3.80. The molecule has 0 radical (unpaired) electrons. The Balaban J connectivity index is 2.76. The van der Waals surface area contributed by atoms with Crippen molar-refractivity contribution in [3.8, 4) is 0 Å². The largest absolute Gasteiger partial charge is 0.417 e. The summed E-state index contributed by atoms with van der Waals surface area (Å²) in [6.07, 6.45) is -10.2. The summed E-state index contributed by atoms with van der Waals surface area (Å²) in [4.78, 5) is 6.11. The van der Waals surface area contributed by atoms with E-state index in [4.69, 9.17) is 5.73 Å². The minimum Gasteiger partial charge on any atom is -0.341 e. The molecule has 3 N–H and O–H groups in total. The summed E-state index contributed by atoms with van der Waals surface area (Å²) in [6, 6.07) is 0.762. The predicted molar refractivity (Wildman–Crippen MR) is 54.0 cm³/mol. The quantitative estimate of drug-likeness (QED) is 0.790. The van der Waals surface area contributed by atoms with Crippen LogP contribution in [0.25, 0.3) is 11.0 Å². The zero-order chi connectivity index (χ0) is 14.4. The van der Waals surface area contributed by atoms with Gasteiger partial charge in [-0.05, 0) is 12.1 Å². The van der Waals surface area contributed by atoms with E-state index in [-0.39, 0.29) is 23.4 Å². The first-order chi connectivity index (χ1) is 8.63. The molecule has 0 saturated heterocycles. The van der Waals surface area contributed by atoms with E-state index in [1.54, 1.807) is 0 Å². The van der Waals surface area contributed by atoms with Gasteiger partial charge in [-0.15, -0.1) is 0 Å². The second-order valence-electron chi connectivity index (χ2n) is 3.80. The van der Waals surface area contributed by atoms with Crippen molar-refractivity contribution in [1.82, 2.24) is 9.97 Å². The number of benzene rings is 1. The molecule has 9 heteroatoms. The molecule has 1 aromatic carbocycles. The molecule has 2 aromatic rings. The van der Waals surface area contributed by atoms with Crippen molar-refractivity contribution in [3.63, 3.8) is 0 Å². The Morgan fingerprint density at radius 1 is 1.00 bits per heavy atom. The van der Waals surface area contributed by atoms with Gasteiger partial charge in [0.25, 0.3) is 0 Å². The van der Waals surface area contributed by atoms with Crippen molar-refractivity contribution in [2.75, 3.05) is 0 Å². The zero-order valence-corrected chi connectivity index (χ0v) is 9.15. The summed E-state index contributed by atoms with van der Waals surface area (Å²) in [7, 11) is 0. The van der Waals surface area contributed by atoms with Crippen LogP contribution in [0, 0.1) is 0 Å². The highest BCUT2D eigenvalue weighted by Gasteiger charge is 2.43. The van der Waals surface area contributed by atoms with E-state index in [9.17, 15) is 26.3 Å². The maximum atomic E-state index is 12.6. The Hall–Kier alpha value is -1.77. The molecule has 0 fully saturated rings. The van der Waals surface area contributed by atoms with E-state index in [0.717, 1.165) is 0 Å². The lowest BCUT2D eigenvalue weighted by Crippen LogP contribution is -2.16. The van der Waals surface area contributed by atoms with Gasteiger partial charge in [0, 0.05) is 0 Å². The van der Waals surface area contributed by atoms with Crippen LogP contribution in [0.2, 0.25) is 0 Å². The van der Waals surface area contributed by atoms with Gasteiger partial charge in [0.1, 0.15) is 5.82 Å². The lowest BCUT2D eigenvalue weighted by atomic mass is 10.1. The zero-order valence-electron chi connectivity index (χ0n) is 9.15. The predicted octanol–water partition coefficient (Wildman–Crippen LogP) is 3.06. The number of nitrogens with one attached hydrogen (secondary N) is 1. The minimum absolute atomic E-state index is 0.113. The third-order valence-corrected chi connectivity index (χ3v) is 2.47. The molecule has 104 valence electrons. The third kappa shape index (κ3) is 2.50. The third-order valence-electron chi connectivity index (χ3n) is 2.47. The molecule has 19 heavy (non-hydrogen) atoms. The fourth-order valence-corrected chi connectivity index (χ4v) is 1.68. The number of hydrogen-bond acceptors (Lipinski definition) is 2. The SMILES string of the molecule is NCc1nc2cc(C(F)(F)F)c(C(F)(F)F)cc2[nH]1. The first-order valence-corrected chi connectivity index (χ1v) is 5.00. The van der Waals surface area contributed by atoms with Gasteiger partial charge in [-0.1, -0.05) is 0 Å². The van der Waals surface area contributed by atoms with Crippen LogP contribution in [0.5, 0.6) is 0 Å². The molecule has 0 saturated carbocycles. The highest BCUT2D eigenvalue weighted by atomic mass is 19.4. The molecule has 0 amide bonds. The standard InChI is InChI=1S/C10H7F6N3/c11-9(12,13)4-1-6-7(19-8(3-17)18-6)2-5(4)10(14,15)16/h1-2H,3,17H2,(H,18,19). The van der Waals surface area contributed by atoms with Crippen molar-refractivity contribution < 1.29 is 26.3 Å². The van der Waals surface area contributed by atoms with Gasteiger partial charge < -0.3 is 10.7 Å². The molecular weight excluding hydrogens is 276 g/mol. The van der Waals surface area contributed by atoms with Gasteiger partial charge in [0.2, 0.25) is 0 Å². The van der Waals surface area contributed by atoms with Crippen molar-refractivity contribution >= 4 is 11.0 Å². The van der Waals surface area contributed by atoms with E-state index in [0.29, 0.717) is 12.1 Å². The molecule has 0 spiro atoms. The Morgan fingerprint density at radius 3 is 2.00 bits per heavy atom. The normalized spacial score (nSPS) is 13.2. The molecule has 2 rings (SSSR count). The summed E-state index contributed by atoms with van der Waals surface area (Å²) in [5, 5.41) is 0. The van der Waals surface area contributed by atoms with Gasteiger partial charge in [0.05, 0.1) is 28.7 Å². The van der Waals surface area contributed by atoms with Gasteiger partial charge >= 0.3 is 12.4 Å². The number of alkyl halides is 6. The summed E-state index contributed by atoms with van der Waals surface area (Å²) in [5.74, 6) is 0.113. The Kier molecular flexibility index (Phi) is 2.96. The maximum Gasteiger partial charge on any atom is 0.417 e. The van der Waals surface area contributed by atoms with Crippen LogP contribution >= 0.6 is 0 Å². The Bertz CT molecular complexity index is 559. The molecular formula is C10H7F6N3. The molecule has 0 aliphatic heterocycles. The molecule has 0 atom stereocenters. The van der Waals surface area contributed by atoms with E-state index in [1.807, 2.05) is 0 Å². The molecule has 0 bridgehead atoms. The molecule has 1 aromatic heterocycles. The average molecular weight is 283 g/mol. The van der Waals surface area contributed by atoms with Crippen LogP contribution in [-0.2, 0) is 18.9 Å². The van der Waals surface area contributed by atoms with Gasteiger partial charge in [-0.3, -0.25) is 0 Å². The highest BCUT2D eigenvalue weighted by Crippen LogP contribution is 2.41. The van der Waals surface area contributed by atoms with E-state index >= 15 is 0 Å². The van der Waals surface area contributed by atoms with Crippen LogP contribution in [0.1, 0.15) is 17.0 Å². The summed E-state index contributed by atoms with van der Waals surface area (Å²) in [5.41, 5.74) is 1.37. The summed E-state index contributed by atoms with van der Waals surface area (Å²) >= 11 is 0. The molecule has 0 unspecified atom stereocenters. The van der Waals surface area contributed by atoms with Gasteiger partial charge in [-0.25, -0.2) is 4.98 Å². The number of nitrogens with zero attached hydrogens (tertiary/aromatic N) is 1. The fourth-order valence-electron chi connectivity index (χ4n) is 1.68. The van der Waals surface area contributed by atoms with Crippen molar-refractivity contribution in [1.29, 1.82) is 0 Å². The van der Waals surface area contributed by atoms with Crippen molar-refractivity contribution in [2.45, 2.75) is 18.9 Å². The number of H-pyrrole nitrogens is 1. The second kappa shape index (κ2) is 4.12. The van der Waals surface area contributed by atoms with E-state index < -0.39 is 23.5 Å². The number of halogens is 6. The lowest BCUT2D eigenvalue weighted by Gasteiger charge is -2.15. The lowest BCUT2D eigenvalue weighted by molar-refractivity contribution is -0.161. The number of aromatic amines is 1. The molecule has 1 heterocycles. The van der Waals surface area contributed by atoms with E-state index in [2.05, 4.69) is 9.97 Å². The molecule has 0 aliphatic carbocycles. The summed E-state index contributed by atoms with van der Waals surface area (Å²) < 4.78 is 75.8.